The molecule has 0 unspecified atom stereocenters. The number of pyridine rings is 1. The highest BCUT2D eigenvalue weighted by Gasteiger charge is 2.21. The number of nitrogens with one attached hydrogen (secondary N) is 2. The van der Waals surface area contributed by atoms with Crippen molar-refractivity contribution in [2.75, 3.05) is 18.5 Å². The highest BCUT2D eigenvalue weighted by Crippen LogP contribution is 2.26. The van der Waals surface area contributed by atoms with Crippen molar-refractivity contribution < 1.29 is 9.59 Å². The molecule has 1 aromatic carbocycles. The molecule has 3 heterocycles. The molecule has 2 amide bonds. The molecule has 0 bridgehead atoms. The van der Waals surface area contributed by atoms with E-state index in [0.29, 0.717) is 0 Å². The number of para-hydroxylation sites is 1. The minimum absolute atomic E-state index is 0.0977. The number of amides is 2. The van der Waals surface area contributed by atoms with Gasteiger partial charge in [-0.05, 0) is 45.0 Å². The topological polar surface area (TPSA) is 95.9 Å². The van der Waals surface area contributed by atoms with Gasteiger partial charge in [-0.15, -0.1) is 0 Å². The summed E-state index contributed by atoms with van der Waals surface area (Å²) in [5, 5.41) is 7.33. The average molecular weight is 431 g/mol. The van der Waals surface area contributed by atoms with Gasteiger partial charge in [-0.25, -0.2) is 4.68 Å². The lowest BCUT2D eigenvalue weighted by atomic mass is 10.1. The van der Waals surface area contributed by atoms with E-state index < -0.39 is 0 Å². The van der Waals surface area contributed by atoms with Gasteiger partial charge < -0.3 is 15.2 Å². The fourth-order valence-electron chi connectivity index (χ4n) is 4.00. The molecule has 0 radical (unpaired) electrons. The molecule has 164 valence electrons. The van der Waals surface area contributed by atoms with Crippen LogP contribution in [0.5, 0.6) is 0 Å². The molecule has 2 N–H and O–H groups in total. The van der Waals surface area contributed by atoms with Gasteiger partial charge in [0, 0.05) is 24.5 Å². The zero-order valence-electron chi connectivity index (χ0n) is 18.6. The van der Waals surface area contributed by atoms with Crippen molar-refractivity contribution >= 4 is 28.5 Å². The molecule has 4 aromatic rings. The number of aryl methyl sites for hydroxylation is 2. The standard InChI is InChI=1S/C24H26N6O2/c1-15-19(23-20(27-15)11-8-12-25-23)13-21(31)26-14-22(32)29(4)24-16(2)28-30(17(24)3)18-9-6-5-7-10-18/h5-12,27H,13-14H2,1-4H3,(H,26,31). The molecule has 3 aromatic heterocycles. The van der Waals surface area contributed by atoms with Gasteiger partial charge in [0.1, 0.15) is 0 Å². The molecule has 0 aliphatic rings. The molecule has 0 saturated heterocycles. The molecule has 8 heteroatoms. The summed E-state index contributed by atoms with van der Waals surface area (Å²) in [6, 6.07) is 13.5. The molecular formula is C24H26N6O2. The Labute approximate surface area is 186 Å². The van der Waals surface area contributed by atoms with Crippen molar-refractivity contribution in [3.05, 3.63) is 71.3 Å². The number of aromatic amines is 1. The largest absolute Gasteiger partial charge is 0.357 e. The first-order chi connectivity index (χ1) is 15.4. The number of hydrogen-bond donors (Lipinski definition) is 2. The van der Waals surface area contributed by atoms with Crippen molar-refractivity contribution in [3.8, 4) is 5.69 Å². The van der Waals surface area contributed by atoms with Gasteiger partial charge in [-0.1, -0.05) is 18.2 Å². The molecular weight excluding hydrogens is 404 g/mol. The second kappa shape index (κ2) is 8.66. The number of carbonyl (C=O) groups is 2. The summed E-state index contributed by atoms with van der Waals surface area (Å²) in [7, 11) is 1.70. The van der Waals surface area contributed by atoms with Crippen LogP contribution in [0.1, 0.15) is 22.6 Å². The Hall–Kier alpha value is -3.94. The van der Waals surface area contributed by atoms with Crippen molar-refractivity contribution in [1.82, 2.24) is 25.1 Å². The Bertz CT molecular complexity index is 1290. The lowest BCUT2D eigenvalue weighted by molar-refractivity contribution is -0.124. The number of rotatable bonds is 6. The van der Waals surface area contributed by atoms with Crippen LogP contribution in [0.25, 0.3) is 16.7 Å². The van der Waals surface area contributed by atoms with Gasteiger partial charge in [0.15, 0.2) is 0 Å². The van der Waals surface area contributed by atoms with Crippen LogP contribution in [0.2, 0.25) is 0 Å². The van der Waals surface area contributed by atoms with Crippen LogP contribution >= 0.6 is 0 Å². The third-order valence-corrected chi connectivity index (χ3v) is 5.61. The van der Waals surface area contributed by atoms with E-state index in [1.807, 2.05) is 67.9 Å². The number of nitrogens with zero attached hydrogens (tertiary/aromatic N) is 4. The fourth-order valence-corrected chi connectivity index (χ4v) is 4.00. The lowest BCUT2D eigenvalue weighted by Gasteiger charge is -2.18. The molecule has 4 rings (SSSR count). The number of aromatic nitrogens is 4. The summed E-state index contributed by atoms with van der Waals surface area (Å²) in [4.78, 5) is 34.5. The monoisotopic (exact) mass is 430 g/mol. The van der Waals surface area contributed by atoms with Gasteiger partial charge in [0.2, 0.25) is 11.8 Å². The SMILES string of the molecule is Cc1nn(-c2ccccc2)c(C)c1N(C)C(=O)CNC(=O)Cc1c(C)[nH]c2cccnc12. The van der Waals surface area contributed by atoms with E-state index in [1.54, 1.807) is 18.1 Å². The van der Waals surface area contributed by atoms with Crippen LogP contribution in [0.3, 0.4) is 0 Å². The summed E-state index contributed by atoms with van der Waals surface area (Å²) in [5.74, 6) is -0.444. The zero-order chi connectivity index (χ0) is 22.8. The molecule has 0 aliphatic heterocycles. The number of carbonyl (C=O) groups excluding carboxylic acids is 2. The Kier molecular flexibility index (Phi) is 5.77. The first kappa shape index (κ1) is 21.3. The minimum Gasteiger partial charge on any atom is -0.357 e. The lowest BCUT2D eigenvalue weighted by Crippen LogP contribution is -2.39. The Morgan fingerprint density at radius 2 is 1.84 bits per heavy atom. The maximum atomic E-state index is 12.8. The van der Waals surface area contributed by atoms with E-state index >= 15 is 0 Å². The Balaban J connectivity index is 1.44. The van der Waals surface area contributed by atoms with E-state index in [9.17, 15) is 9.59 Å². The van der Waals surface area contributed by atoms with Crippen LogP contribution in [-0.4, -0.2) is 45.2 Å². The smallest absolute Gasteiger partial charge is 0.246 e. The number of anilines is 1. The van der Waals surface area contributed by atoms with Crippen molar-refractivity contribution in [2.24, 2.45) is 0 Å². The Morgan fingerprint density at radius 1 is 1.09 bits per heavy atom. The predicted molar refractivity (Wildman–Crippen MR) is 124 cm³/mol. The average Bonchev–Trinajstić information content (AvgIpc) is 3.27. The molecule has 0 spiro atoms. The minimum atomic E-state index is -0.227. The molecule has 0 saturated carbocycles. The zero-order valence-corrected chi connectivity index (χ0v) is 18.6. The van der Waals surface area contributed by atoms with Crippen molar-refractivity contribution in [2.45, 2.75) is 27.2 Å². The molecule has 0 fully saturated rings. The fraction of sp³-hybridized carbons (Fsp3) is 0.250. The molecule has 8 nitrogen and oxygen atoms in total. The number of benzene rings is 1. The van der Waals surface area contributed by atoms with Crippen LogP contribution in [0.15, 0.2) is 48.7 Å². The van der Waals surface area contributed by atoms with Crippen molar-refractivity contribution in [1.29, 1.82) is 0 Å². The summed E-state index contributed by atoms with van der Waals surface area (Å²) >= 11 is 0. The summed E-state index contributed by atoms with van der Waals surface area (Å²) in [5.41, 5.74) is 6.69. The van der Waals surface area contributed by atoms with E-state index in [4.69, 9.17) is 0 Å². The van der Waals surface area contributed by atoms with Gasteiger partial charge in [0.25, 0.3) is 0 Å². The third-order valence-electron chi connectivity index (χ3n) is 5.61. The van der Waals surface area contributed by atoms with Gasteiger partial charge in [0.05, 0.1) is 46.8 Å². The van der Waals surface area contributed by atoms with Crippen LogP contribution in [0.4, 0.5) is 5.69 Å². The number of fused-ring (bicyclic) bond motifs is 1. The number of likely N-dealkylation sites (N-methyl/N-ethyl adjacent to an activating group) is 1. The maximum Gasteiger partial charge on any atom is 0.246 e. The highest BCUT2D eigenvalue weighted by molar-refractivity contribution is 5.98. The van der Waals surface area contributed by atoms with Crippen molar-refractivity contribution in [3.63, 3.8) is 0 Å². The van der Waals surface area contributed by atoms with Crippen LogP contribution in [0, 0.1) is 20.8 Å². The van der Waals surface area contributed by atoms with E-state index in [1.165, 1.54) is 0 Å². The van der Waals surface area contributed by atoms with E-state index in [2.05, 4.69) is 20.4 Å². The number of H-pyrrole nitrogens is 1. The normalized spacial score (nSPS) is 11.0. The second-order valence-electron chi connectivity index (χ2n) is 7.80. The second-order valence-corrected chi connectivity index (χ2v) is 7.80. The van der Waals surface area contributed by atoms with E-state index in [-0.39, 0.29) is 24.8 Å². The van der Waals surface area contributed by atoms with Gasteiger partial charge >= 0.3 is 0 Å². The molecule has 0 aliphatic carbocycles. The first-order valence-corrected chi connectivity index (χ1v) is 10.4. The predicted octanol–water partition coefficient (Wildman–Crippen LogP) is 3.00. The van der Waals surface area contributed by atoms with Gasteiger partial charge in [-0.3, -0.25) is 14.6 Å². The molecule has 0 atom stereocenters. The van der Waals surface area contributed by atoms with Crippen LogP contribution in [-0.2, 0) is 16.0 Å². The molecule has 32 heavy (non-hydrogen) atoms. The van der Waals surface area contributed by atoms with E-state index in [0.717, 1.165) is 45.1 Å². The van der Waals surface area contributed by atoms with Gasteiger partial charge in [-0.2, -0.15) is 5.10 Å². The van der Waals surface area contributed by atoms with Crippen LogP contribution < -0.4 is 10.2 Å². The quantitative estimate of drug-likeness (QED) is 0.492. The maximum absolute atomic E-state index is 12.8. The summed E-state index contributed by atoms with van der Waals surface area (Å²) in [6.45, 7) is 5.62. The summed E-state index contributed by atoms with van der Waals surface area (Å²) in [6.07, 6.45) is 1.86. The first-order valence-electron chi connectivity index (χ1n) is 10.4. The Morgan fingerprint density at radius 3 is 2.59 bits per heavy atom. The summed E-state index contributed by atoms with van der Waals surface area (Å²) < 4.78 is 1.82. The third kappa shape index (κ3) is 3.99. The highest BCUT2D eigenvalue weighted by atomic mass is 16.2. The number of hydrogen-bond acceptors (Lipinski definition) is 4.